The number of aromatic nitrogens is 3. The van der Waals surface area contributed by atoms with Gasteiger partial charge in [-0.2, -0.15) is 4.31 Å². The smallest absolute Gasteiger partial charge is 0.244 e. The van der Waals surface area contributed by atoms with Crippen molar-refractivity contribution in [2.75, 3.05) is 7.05 Å². The Bertz CT molecular complexity index is 701. The molecule has 2 aromatic heterocycles. The van der Waals surface area contributed by atoms with Gasteiger partial charge in [0.1, 0.15) is 10.7 Å². The summed E-state index contributed by atoms with van der Waals surface area (Å²) in [5, 5.41) is 0. The number of hydrogen-bond donors (Lipinski definition) is 1. The minimum absolute atomic E-state index is 0.221. The Balaban J connectivity index is 2.27. The minimum atomic E-state index is -3.54. The second-order valence-corrected chi connectivity index (χ2v) is 6.74. The summed E-state index contributed by atoms with van der Waals surface area (Å²) in [5.74, 6) is 0.686. The maximum Gasteiger partial charge on any atom is 0.244 e. The van der Waals surface area contributed by atoms with Gasteiger partial charge in [0.15, 0.2) is 0 Å². The minimum Gasteiger partial charge on any atom is -0.352 e. The Labute approximate surface area is 118 Å². The summed E-state index contributed by atoms with van der Waals surface area (Å²) in [4.78, 5) is 4.38. The first-order chi connectivity index (χ1) is 9.36. The largest absolute Gasteiger partial charge is 0.352 e. The van der Waals surface area contributed by atoms with Gasteiger partial charge in [-0.3, -0.25) is 0 Å². The molecule has 0 fully saturated rings. The highest BCUT2D eigenvalue weighted by Crippen LogP contribution is 2.18. The maximum atomic E-state index is 12.5. The van der Waals surface area contributed by atoms with E-state index >= 15 is 0 Å². The first kappa shape index (κ1) is 14.8. The lowest BCUT2D eigenvalue weighted by molar-refractivity contribution is 0.451. The quantitative estimate of drug-likeness (QED) is 0.844. The van der Waals surface area contributed by atoms with Crippen molar-refractivity contribution < 1.29 is 8.42 Å². The van der Waals surface area contributed by atoms with Gasteiger partial charge in [-0.1, -0.05) is 0 Å². The van der Waals surface area contributed by atoms with Gasteiger partial charge in [0.05, 0.1) is 6.54 Å². The van der Waals surface area contributed by atoms with Gasteiger partial charge >= 0.3 is 0 Å². The SMILES string of the molecule is CN(Cc1nccn1C)S(=O)(=O)c1cc(CN)n(C)c1. The van der Waals surface area contributed by atoms with Gasteiger partial charge in [-0.05, 0) is 6.07 Å². The first-order valence-electron chi connectivity index (χ1n) is 6.14. The first-order valence-corrected chi connectivity index (χ1v) is 7.58. The van der Waals surface area contributed by atoms with E-state index in [-0.39, 0.29) is 11.4 Å². The second kappa shape index (κ2) is 5.39. The lowest BCUT2D eigenvalue weighted by atomic mass is 10.4. The third-order valence-electron chi connectivity index (χ3n) is 3.29. The molecule has 8 heteroatoms. The maximum absolute atomic E-state index is 12.5. The summed E-state index contributed by atoms with van der Waals surface area (Å²) in [6, 6.07) is 1.60. The molecular formula is C12H19N5O2S. The highest BCUT2D eigenvalue weighted by Gasteiger charge is 2.24. The van der Waals surface area contributed by atoms with Gasteiger partial charge in [-0.15, -0.1) is 0 Å². The van der Waals surface area contributed by atoms with E-state index in [1.54, 1.807) is 47.9 Å². The normalized spacial score (nSPS) is 12.2. The fourth-order valence-corrected chi connectivity index (χ4v) is 3.16. The molecule has 20 heavy (non-hydrogen) atoms. The van der Waals surface area contributed by atoms with E-state index < -0.39 is 10.0 Å². The molecule has 0 saturated carbocycles. The summed E-state index contributed by atoms with van der Waals surface area (Å²) in [5.41, 5.74) is 6.34. The van der Waals surface area contributed by atoms with E-state index in [0.717, 1.165) is 5.69 Å². The zero-order valence-corrected chi connectivity index (χ0v) is 12.6. The number of imidazole rings is 1. The van der Waals surface area contributed by atoms with E-state index in [1.165, 1.54) is 4.31 Å². The Hall–Kier alpha value is -1.64. The van der Waals surface area contributed by atoms with Gasteiger partial charge in [0.25, 0.3) is 0 Å². The molecule has 2 heterocycles. The number of nitrogens with two attached hydrogens (primary N) is 1. The fraction of sp³-hybridized carbons (Fsp3) is 0.417. The Morgan fingerprint density at radius 1 is 1.35 bits per heavy atom. The molecule has 0 aliphatic carbocycles. The molecule has 0 atom stereocenters. The monoisotopic (exact) mass is 297 g/mol. The summed E-state index contributed by atoms with van der Waals surface area (Å²) in [6.45, 7) is 0.522. The standard InChI is InChI=1S/C12H19N5O2S/c1-15-5-4-14-12(15)9-17(3)20(18,19)11-6-10(7-13)16(2)8-11/h4-6,8H,7,9,13H2,1-3H3. The van der Waals surface area contributed by atoms with Crippen LogP contribution in [0.15, 0.2) is 29.6 Å². The van der Waals surface area contributed by atoms with Crippen LogP contribution < -0.4 is 5.73 Å². The predicted molar refractivity (Wildman–Crippen MR) is 75.2 cm³/mol. The van der Waals surface area contributed by atoms with E-state index in [0.29, 0.717) is 12.4 Å². The van der Waals surface area contributed by atoms with Crippen molar-refractivity contribution >= 4 is 10.0 Å². The molecule has 2 aromatic rings. The predicted octanol–water partition coefficient (Wildman–Crippen LogP) is 0.0380. The summed E-state index contributed by atoms with van der Waals surface area (Å²) >= 11 is 0. The Morgan fingerprint density at radius 3 is 2.55 bits per heavy atom. The van der Waals surface area contributed by atoms with Gasteiger partial charge in [0, 0.05) is 52.0 Å². The van der Waals surface area contributed by atoms with Crippen LogP contribution in [0.4, 0.5) is 0 Å². The molecule has 0 aliphatic rings. The van der Waals surface area contributed by atoms with Crippen molar-refractivity contribution in [2.24, 2.45) is 19.8 Å². The zero-order chi connectivity index (χ0) is 14.9. The third-order valence-corrected chi connectivity index (χ3v) is 5.05. The van der Waals surface area contributed by atoms with Crippen molar-refractivity contribution in [1.29, 1.82) is 0 Å². The van der Waals surface area contributed by atoms with Gasteiger partial charge in [0.2, 0.25) is 10.0 Å². The second-order valence-electron chi connectivity index (χ2n) is 4.70. The van der Waals surface area contributed by atoms with Crippen LogP contribution in [0.25, 0.3) is 0 Å². The van der Waals surface area contributed by atoms with Crippen LogP contribution in [-0.2, 0) is 37.2 Å². The molecule has 0 radical (unpaired) electrons. The summed E-state index contributed by atoms with van der Waals surface area (Å²) in [7, 11) is 1.61. The van der Waals surface area contributed by atoms with Crippen LogP contribution in [0.5, 0.6) is 0 Å². The van der Waals surface area contributed by atoms with E-state index in [9.17, 15) is 8.42 Å². The van der Waals surface area contributed by atoms with Crippen LogP contribution in [0.3, 0.4) is 0 Å². The van der Waals surface area contributed by atoms with Crippen molar-refractivity contribution in [2.45, 2.75) is 18.0 Å². The highest BCUT2D eigenvalue weighted by molar-refractivity contribution is 7.89. The number of hydrogen-bond acceptors (Lipinski definition) is 4. The summed E-state index contributed by atoms with van der Waals surface area (Å²) in [6.07, 6.45) is 5.00. The Kier molecular flexibility index (Phi) is 3.98. The number of nitrogens with zero attached hydrogens (tertiary/aromatic N) is 4. The van der Waals surface area contributed by atoms with Gasteiger partial charge in [-0.25, -0.2) is 13.4 Å². The fourth-order valence-electron chi connectivity index (χ4n) is 1.93. The van der Waals surface area contributed by atoms with E-state index in [4.69, 9.17) is 5.73 Å². The average molecular weight is 297 g/mol. The van der Waals surface area contributed by atoms with Crippen LogP contribution in [0, 0.1) is 0 Å². The molecular weight excluding hydrogens is 278 g/mol. The third kappa shape index (κ3) is 2.62. The lowest BCUT2D eigenvalue weighted by Crippen LogP contribution is -2.27. The lowest BCUT2D eigenvalue weighted by Gasteiger charge is -2.15. The van der Waals surface area contributed by atoms with Crippen molar-refractivity contribution in [3.63, 3.8) is 0 Å². The molecule has 2 rings (SSSR count). The van der Waals surface area contributed by atoms with Crippen LogP contribution >= 0.6 is 0 Å². The number of sulfonamides is 1. The number of aryl methyl sites for hydroxylation is 2. The highest BCUT2D eigenvalue weighted by atomic mass is 32.2. The van der Waals surface area contributed by atoms with Crippen molar-refractivity contribution in [3.05, 3.63) is 36.2 Å². The molecule has 0 aliphatic heterocycles. The molecule has 7 nitrogen and oxygen atoms in total. The van der Waals surface area contributed by atoms with E-state index in [2.05, 4.69) is 4.98 Å². The van der Waals surface area contributed by atoms with Crippen molar-refractivity contribution in [3.8, 4) is 0 Å². The topological polar surface area (TPSA) is 86.2 Å². The average Bonchev–Trinajstić information content (AvgIpc) is 2.96. The molecule has 0 saturated heterocycles. The molecule has 0 bridgehead atoms. The van der Waals surface area contributed by atoms with E-state index in [1.807, 2.05) is 7.05 Å². The molecule has 0 spiro atoms. The van der Waals surface area contributed by atoms with Crippen LogP contribution in [0.2, 0.25) is 0 Å². The van der Waals surface area contributed by atoms with Crippen LogP contribution in [-0.4, -0.2) is 33.9 Å². The number of rotatable bonds is 5. The summed E-state index contributed by atoms with van der Waals surface area (Å²) < 4.78 is 29.8. The molecule has 2 N–H and O–H groups in total. The van der Waals surface area contributed by atoms with Crippen LogP contribution in [0.1, 0.15) is 11.5 Å². The molecule has 110 valence electrons. The molecule has 0 unspecified atom stereocenters. The molecule has 0 aromatic carbocycles. The Morgan fingerprint density at radius 2 is 2.05 bits per heavy atom. The van der Waals surface area contributed by atoms with Gasteiger partial charge < -0.3 is 14.9 Å². The zero-order valence-electron chi connectivity index (χ0n) is 11.8. The molecule has 0 amide bonds. The van der Waals surface area contributed by atoms with Crippen molar-refractivity contribution in [1.82, 2.24) is 18.4 Å².